The lowest BCUT2D eigenvalue weighted by Crippen LogP contribution is -2.36. The van der Waals surface area contributed by atoms with Gasteiger partial charge in [0.1, 0.15) is 5.82 Å². The van der Waals surface area contributed by atoms with Crippen molar-refractivity contribution < 1.29 is 4.79 Å². The summed E-state index contributed by atoms with van der Waals surface area (Å²) in [5, 5.41) is 2.89. The van der Waals surface area contributed by atoms with Crippen molar-refractivity contribution in [3.63, 3.8) is 0 Å². The molecule has 0 bridgehead atoms. The molecule has 1 aliphatic heterocycles. The van der Waals surface area contributed by atoms with Crippen molar-refractivity contribution >= 4 is 23.4 Å². The Morgan fingerprint density at radius 2 is 2.17 bits per heavy atom. The quantitative estimate of drug-likeness (QED) is 0.845. The highest BCUT2D eigenvalue weighted by Crippen LogP contribution is 2.25. The Kier molecular flexibility index (Phi) is 5.58. The lowest BCUT2D eigenvalue weighted by molar-refractivity contribution is -0.117. The first-order valence-corrected chi connectivity index (χ1v) is 9.78. The van der Waals surface area contributed by atoms with E-state index in [1.807, 2.05) is 36.7 Å². The maximum atomic E-state index is 12.1. The van der Waals surface area contributed by atoms with Gasteiger partial charge in [-0.3, -0.25) is 4.79 Å². The number of aromatic nitrogens is 2. The Balaban J connectivity index is 1.67. The Labute approximate surface area is 147 Å². The minimum absolute atomic E-state index is 0.130. The van der Waals surface area contributed by atoms with E-state index in [-0.39, 0.29) is 5.91 Å². The largest absolute Gasteiger partial charge is 0.328 e. The van der Waals surface area contributed by atoms with Crippen LogP contribution in [0, 0.1) is 0 Å². The van der Waals surface area contributed by atoms with E-state index in [0.29, 0.717) is 6.42 Å². The number of carbonyl (C=O) groups is 1. The number of hydrogen-bond donors (Lipinski definition) is 2. The number of amides is 1. The smallest absolute Gasteiger partial charge is 0.241 e. The number of hydrogen-bond acceptors (Lipinski definition) is 4. The van der Waals surface area contributed by atoms with Crippen LogP contribution in [-0.2, 0) is 17.8 Å². The molecular weight excluding hydrogens is 320 g/mol. The van der Waals surface area contributed by atoms with Crippen LogP contribution in [0.1, 0.15) is 25.0 Å². The van der Waals surface area contributed by atoms with Gasteiger partial charge in [0.05, 0.1) is 6.04 Å². The second-order valence-corrected chi connectivity index (χ2v) is 7.12. The molecule has 24 heavy (non-hydrogen) atoms. The van der Waals surface area contributed by atoms with Crippen LogP contribution in [-0.4, -0.2) is 33.5 Å². The molecule has 3 rings (SSSR count). The second kappa shape index (κ2) is 7.85. The topological polar surface area (TPSA) is 72.9 Å². The summed E-state index contributed by atoms with van der Waals surface area (Å²) < 4.78 is 2.30. The third-order valence-corrected chi connectivity index (χ3v) is 5.03. The molecule has 2 aromatic rings. The molecule has 0 fully saturated rings. The van der Waals surface area contributed by atoms with Crippen LogP contribution in [0.2, 0.25) is 0 Å². The monoisotopic (exact) mass is 344 g/mol. The minimum Gasteiger partial charge on any atom is -0.328 e. The summed E-state index contributed by atoms with van der Waals surface area (Å²) in [6.07, 6.45) is 8.23. The first-order chi connectivity index (χ1) is 11.7. The number of carbonyl (C=O) groups excluding carboxylic acids is 1. The van der Waals surface area contributed by atoms with Gasteiger partial charge in [0.2, 0.25) is 5.91 Å². The van der Waals surface area contributed by atoms with Crippen molar-refractivity contribution in [1.29, 1.82) is 0 Å². The van der Waals surface area contributed by atoms with Crippen molar-refractivity contribution in [3.8, 4) is 11.4 Å². The van der Waals surface area contributed by atoms with Crippen LogP contribution in [0.25, 0.3) is 11.4 Å². The number of imidazole rings is 1. The van der Waals surface area contributed by atoms with E-state index in [1.54, 1.807) is 11.8 Å². The van der Waals surface area contributed by atoms with E-state index in [9.17, 15) is 4.79 Å². The highest BCUT2D eigenvalue weighted by Gasteiger charge is 2.16. The first kappa shape index (κ1) is 17.0. The predicted molar refractivity (Wildman–Crippen MR) is 100 cm³/mol. The molecule has 3 N–H and O–H groups in total. The summed E-state index contributed by atoms with van der Waals surface area (Å²) in [7, 11) is 0. The average Bonchev–Trinajstić information content (AvgIpc) is 3.04. The molecule has 2 heterocycles. The molecule has 0 spiro atoms. The van der Waals surface area contributed by atoms with E-state index in [0.717, 1.165) is 35.8 Å². The lowest BCUT2D eigenvalue weighted by Gasteiger charge is -2.17. The number of nitrogens with zero attached hydrogens (tertiary/aromatic N) is 2. The van der Waals surface area contributed by atoms with Crippen molar-refractivity contribution in [2.45, 2.75) is 38.3 Å². The van der Waals surface area contributed by atoms with Gasteiger partial charge in [-0.05, 0) is 62.0 Å². The maximum Gasteiger partial charge on any atom is 0.241 e. The number of nitrogens with two attached hydrogens (primary N) is 1. The first-order valence-electron chi connectivity index (χ1n) is 8.39. The summed E-state index contributed by atoms with van der Waals surface area (Å²) in [5.74, 6) is 1.77. The van der Waals surface area contributed by atoms with Gasteiger partial charge in [-0.2, -0.15) is 11.8 Å². The SMILES string of the molecule is CSCC[C@H](N)C(=O)Nc1ccc(-c2ncc3n2CCCC3)cc1. The van der Waals surface area contributed by atoms with Gasteiger partial charge in [0.15, 0.2) is 0 Å². The minimum atomic E-state index is -0.462. The van der Waals surface area contributed by atoms with Crippen molar-refractivity contribution in [3.05, 3.63) is 36.2 Å². The van der Waals surface area contributed by atoms with Crippen molar-refractivity contribution in [1.82, 2.24) is 9.55 Å². The van der Waals surface area contributed by atoms with Crippen LogP contribution >= 0.6 is 11.8 Å². The second-order valence-electron chi connectivity index (χ2n) is 6.14. The molecule has 0 saturated heterocycles. The summed E-state index contributed by atoms with van der Waals surface area (Å²) in [6, 6.07) is 7.38. The van der Waals surface area contributed by atoms with Gasteiger partial charge in [-0.25, -0.2) is 4.98 Å². The van der Waals surface area contributed by atoms with Gasteiger partial charge in [-0.1, -0.05) is 0 Å². The van der Waals surface area contributed by atoms with Crippen LogP contribution in [0.3, 0.4) is 0 Å². The Hall–Kier alpha value is -1.79. The Morgan fingerprint density at radius 3 is 2.92 bits per heavy atom. The predicted octanol–water partition coefficient (Wildman–Crippen LogP) is 2.91. The van der Waals surface area contributed by atoms with Crippen LogP contribution in [0.15, 0.2) is 30.5 Å². The van der Waals surface area contributed by atoms with Crippen LogP contribution < -0.4 is 11.1 Å². The van der Waals surface area contributed by atoms with Gasteiger partial charge in [0.25, 0.3) is 0 Å². The molecule has 0 radical (unpaired) electrons. The average molecular weight is 344 g/mol. The molecule has 5 nitrogen and oxygen atoms in total. The number of benzene rings is 1. The number of anilines is 1. The van der Waals surface area contributed by atoms with E-state index in [2.05, 4.69) is 14.9 Å². The summed E-state index contributed by atoms with van der Waals surface area (Å²) in [4.78, 5) is 16.6. The molecule has 6 heteroatoms. The van der Waals surface area contributed by atoms with Crippen molar-refractivity contribution in [2.24, 2.45) is 5.73 Å². The summed E-state index contributed by atoms with van der Waals surface area (Å²) in [6.45, 7) is 1.04. The van der Waals surface area contributed by atoms with E-state index >= 15 is 0 Å². The molecule has 1 aromatic carbocycles. The molecule has 1 atom stereocenters. The molecule has 1 aromatic heterocycles. The normalized spacial score (nSPS) is 14.9. The number of rotatable bonds is 6. The third-order valence-electron chi connectivity index (χ3n) is 4.38. The fourth-order valence-electron chi connectivity index (χ4n) is 2.98. The lowest BCUT2D eigenvalue weighted by atomic mass is 10.1. The molecule has 0 unspecified atom stereocenters. The summed E-state index contributed by atoms with van der Waals surface area (Å²) >= 11 is 1.70. The van der Waals surface area contributed by atoms with Crippen molar-refractivity contribution in [2.75, 3.05) is 17.3 Å². The Morgan fingerprint density at radius 1 is 1.38 bits per heavy atom. The van der Waals surface area contributed by atoms with Gasteiger partial charge in [0, 0.05) is 29.7 Å². The highest BCUT2D eigenvalue weighted by atomic mass is 32.2. The van der Waals surface area contributed by atoms with E-state index in [4.69, 9.17) is 5.73 Å². The number of fused-ring (bicyclic) bond motifs is 1. The molecular formula is C18H24N4OS. The highest BCUT2D eigenvalue weighted by molar-refractivity contribution is 7.98. The zero-order chi connectivity index (χ0) is 16.9. The fourth-order valence-corrected chi connectivity index (χ4v) is 3.47. The molecule has 1 aliphatic rings. The fraction of sp³-hybridized carbons (Fsp3) is 0.444. The Bertz CT molecular complexity index is 696. The molecule has 0 saturated carbocycles. The van der Waals surface area contributed by atoms with Crippen LogP contribution in [0.5, 0.6) is 0 Å². The van der Waals surface area contributed by atoms with Gasteiger partial charge >= 0.3 is 0 Å². The number of aryl methyl sites for hydroxylation is 1. The third kappa shape index (κ3) is 3.82. The number of nitrogens with one attached hydrogen (secondary N) is 1. The maximum absolute atomic E-state index is 12.1. The summed E-state index contributed by atoms with van der Waals surface area (Å²) in [5.41, 5.74) is 9.06. The standard InChI is InChI=1S/C18H24N4OS/c1-24-11-9-16(19)18(23)21-14-7-5-13(6-8-14)17-20-12-15-4-2-3-10-22(15)17/h5-8,12,16H,2-4,9-11,19H2,1H3,(H,21,23)/t16-/m0/s1. The zero-order valence-electron chi connectivity index (χ0n) is 14.0. The zero-order valence-corrected chi connectivity index (χ0v) is 14.8. The van der Waals surface area contributed by atoms with E-state index < -0.39 is 6.04 Å². The van der Waals surface area contributed by atoms with Gasteiger partial charge < -0.3 is 15.6 Å². The van der Waals surface area contributed by atoms with Gasteiger partial charge in [-0.15, -0.1) is 0 Å². The molecule has 1 amide bonds. The molecule has 128 valence electrons. The van der Waals surface area contributed by atoms with Crippen LogP contribution in [0.4, 0.5) is 5.69 Å². The van der Waals surface area contributed by atoms with E-state index in [1.165, 1.54) is 18.5 Å². The molecule has 0 aliphatic carbocycles. The number of thioether (sulfide) groups is 1.